The summed E-state index contributed by atoms with van der Waals surface area (Å²) in [6.07, 6.45) is 0. The topological polar surface area (TPSA) is 62.7 Å². The number of carbonyl (C=O) groups is 1. The first-order valence-corrected chi connectivity index (χ1v) is 6.56. The van der Waals surface area contributed by atoms with Gasteiger partial charge in [-0.2, -0.15) is 0 Å². The van der Waals surface area contributed by atoms with E-state index in [1.54, 1.807) is 0 Å². The van der Waals surface area contributed by atoms with Crippen LogP contribution >= 0.6 is 0 Å². The Hall–Kier alpha value is -1.46. The lowest BCUT2D eigenvalue weighted by molar-refractivity contribution is -0.149. The molecule has 1 aromatic rings. The van der Waals surface area contributed by atoms with Crippen molar-refractivity contribution in [3.63, 3.8) is 0 Å². The molecule has 0 unspecified atom stereocenters. The zero-order chi connectivity index (χ0) is 13.5. The fourth-order valence-electron chi connectivity index (χ4n) is 3.18. The fraction of sp³-hybridized carbons (Fsp3) is 0.571. The number of nitrogens with zero attached hydrogens (tertiary/aromatic N) is 2. The lowest BCUT2D eigenvalue weighted by Crippen LogP contribution is -2.38. The van der Waals surface area contributed by atoms with Gasteiger partial charge in [0.05, 0.1) is 18.9 Å². The van der Waals surface area contributed by atoms with Crippen LogP contribution in [-0.2, 0) is 16.1 Å². The van der Waals surface area contributed by atoms with Gasteiger partial charge in [-0.15, -0.1) is 0 Å². The molecule has 1 aromatic heterocycles. The van der Waals surface area contributed by atoms with E-state index in [4.69, 9.17) is 4.74 Å². The molecule has 0 spiro atoms. The average molecular weight is 262 g/mol. The molecule has 0 aromatic carbocycles. The third-order valence-electron chi connectivity index (χ3n) is 4.20. The molecule has 2 atom stereocenters. The third kappa shape index (κ3) is 2.13. The van der Waals surface area contributed by atoms with E-state index < -0.39 is 11.4 Å². The monoisotopic (exact) mass is 262 g/mol. The van der Waals surface area contributed by atoms with Gasteiger partial charge in [0, 0.05) is 31.2 Å². The highest BCUT2D eigenvalue weighted by Crippen LogP contribution is 2.41. The Morgan fingerprint density at radius 2 is 2.47 bits per heavy atom. The summed E-state index contributed by atoms with van der Waals surface area (Å²) in [7, 11) is 0. The van der Waals surface area contributed by atoms with Crippen LogP contribution in [0.2, 0.25) is 0 Å². The smallest absolute Gasteiger partial charge is 0.313 e. The number of carboxylic acids is 1. The molecule has 2 aliphatic rings. The normalized spacial score (nSPS) is 30.5. The molecule has 0 saturated carbocycles. The van der Waals surface area contributed by atoms with E-state index in [0.717, 1.165) is 17.9 Å². The van der Waals surface area contributed by atoms with Crippen molar-refractivity contribution in [3.8, 4) is 0 Å². The summed E-state index contributed by atoms with van der Waals surface area (Å²) in [6.45, 7) is 4.92. The number of ether oxygens (including phenoxy) is 1. The predicted molar refractivity (Wildman–Crippen MR) is 68.6 cm³/mol. The van der Waals surface area contributed by atoms with Gasteiger partial charge in [0.25, 0.3) is 0 Å². The molecule has 0 radical (unpaired) electrons. The van der Waals surface area contributed by atoms with Crippen LogP contribution in [0.15, 0.2) is 18.2 Å². The van der Waals surface area contributed by atoms with Crippen molar-refractivity contribution in [1.29, 1.82) is 0 Å². The van der Waals surface area contributed by atoms with Gasteiger partial charge in [0.2, 0.25) is 0 Å². The predicted octanol–water partition coefficient (Wildman–Crippen LogP) is 0.923. The van der Waals surface area contributed by atoms with Gasteiger partial charge in [0.1, 0.15) is 5.41 Å². The fourth-order valence-corrected chi connectivity index (χ4v) is 3.18. The van der Waals surface area contributed by atoms with Crippen molar-refractivity contribution in [1.82, 2.24) is 9.88 Å². The van der Waals surface area contributed by atoms with Gasteiger partial charge in [-0.3, -0.25) is 14.7 Å². The van der Waals surface area contributed by atoms with Gasteiger partial charge in [-0.1, -0.05) is 6.07 Å². The van der Waals surface area contributed by atoms with Crippen LogP contribution in [0.1, 0.15) is 11.4 Å². The van der Waals surface area contributed by atoms with Crippen molar-refractivity contribution < 1.29 is 14.6 Å². The maximum Gasteiger partial charge on any atom is 0.313 e. The molecule has 0 bridgehead atoms. The van der Waals surface area contributed by atoms with Crippen molar-refractivity contribution in [2.24, 2.45) is 11.3 Å². The Morgan fingerprint density at radius 1 is 1.63 bits per heavy atom. The number of fused-ring (bicyclic) bond motifs is 1. The summed E-state index contributed by atoms with van der Waals surface area (Å²) in [4.78, 5) is 18.2. The van der Waals surface area contributed by atoms with Crippen LogP contribution in [0.5, 0.6) is 0 Å². The molecule has 0 amide bonds. The van der Waals surface area contributed by atoms with Gasteiger partial charge >= 0.3 is 5.97 Å². The van der Waals surface area contributed by atoms with Crippen LogP contribution in [0.3, 0.4) is 0 Å². The number of aliphatic carboxylic acids is 1. The Labute approximate surface area is 112 Å². The number of carboxylic acid groups (broad SMARTS) is 1. The van der Waals surface area contributed by atoms with E-state index in [1.165, 1.54) is 0 Å². The van der Waals surface area contributed by atoms with E-state index in [-0.39, 0.29) is 5.92 Å². The maximum atomic E-state index is 11.5. The first-order chi connectivity index (χ1) is 9.10. The van der Waals surface area contributed by atoms with Crippen molar-refractivity contribution in [3.05, 3.63) is 29.6 Å². The Kier molecular flexibility index (Phi) is 3.03. The molecule has 0 aliphatic carbocycles. The average Bonchev–Trinajstić information content (AvgIpc) is 2.86. The van der Waals surface area contributed by atoms with Crippen LogP contribution in [-0.4, -0.2) is 47.3 Å². The standard InChI is InChI=1S/C14H18N2O3/c1-10-3-2-4-12(15-10)6-16-5-11-7-19-9-14(11,8-16)13(17)18/h2-4,11H,5-9H2,1H3,(H,17,18)/t11-,14-/m1/s1. The van der Waals surface area contributed by atoms with Gasteiger partial charge in [-0.05, 0) is 19.1 Å². The number of pyridine rings is 1. The highest BCUT2D eigenvalue weighted by molar-refractivity contribution is 5.76. The van der Waals surface area contributed by atoms with E-state index in [9.17, 15) is 9.90 Å². The molecule has 2 aliphatic heterocycles. The van der Waals surface area contributed by atoms with Gasteiger partial charge < -0.3 is 9.84 Å². The molecule has 102 valence electrons. The van der Waals surface area contributed by atoms with E-state index in [1.807, 2.05) is 25.1 Å². The summed E-state index contributed by atoms with van der Waals surface area (Å²) in [6, 6.07) is 5.95. The highest BCUT2D eigenvalue weighted by Gasteiger charge is 2.56. The minimum Gasteiger partial charge on any atom is -0.481 e. The second-order valence-corrected chi connectivity index (χ2v) is 5.61. The van der Waals surface area contributed by atoms with Crippen molar-refractivity contribution >= 4 is 5.97 Å². The molecule has 3 heterocycles. The van der Waals surface area contributed by atoms with Crippen LogP contribution in [0, 0.1) is 18.3 Å². The molecule has 5 nitrogen and oxygen atoms in total. The van der Waals surface area contributed by atoms with Gasteiger partial charge in [0.15, 0.2) is 0 Å². The Morgan fingerprint density at radius 3 is 3.16 bits per heavy atom. The molecule has 1 N–H and O–H groups in total. The lowest BCUT2D eigenvalue weighted by atomic mass is 9.81. The zero-order valence-electron chi connectivity index (χ0n) is 11.0. The summed E-state index contributed by atoms with van der Waals surface area (Å²) < 4.78 is 5.37. The van der Waals surface area contributed by atoms with E-state index >= 15 is 0 Å². The van der Waals surface area contributed by atoms with E-state index in [2.05, 4.69) is 9.88 Å². The second-order valence-electron chi connectivity index (χ2n) is 5.61. The zero-order valence-corrected chi connectivity index (χ0v) is 11.0. The SMILES string of the molecule is Cc1cccc(CN2C[C@@H]3COC[C@]3(C(=O)O)C2)n1. The molecular formula is C14H18N2O3. The Balaban J connectivity index is 1.74. The minimum absolute atomic E-state index is 0.106. The van der Waals surface area contributed by atoms with Crippen LogP contribution in [0.25, 0.3) is 0 Å². The second kappa shape index (κ2) is 4.58. The first kappa shape index (κ1) is 12.6. The number of hydrogen-bond donors (Lipinski definition) is 1. The molecule has 19 heavy (non-hydrogen) atoms. The number of rotatable bonds is 3. The molecular weight excluding hydrogens is 244 g/mol. The molecule has 3 rings (SSSR count). The summed E-state index contributed by atoms with van der Waals surface area (Å²) in [5, 5.41) is 9.48. The highest BCUT2D eigenvalue weighted by atomic mass is 16.5. The summed E-state index contributed by atoms with van der Waals surface area (Å²) in [5.74, 6) is -0.621. The van der Waals surface area contributed by atoms with Crippen LogP contribution < -0.4 is 0 Å². The molecule has 2 saturated heterocycles. The largest absolute Gasteiger partial charge is 0.481 e. The quantitative estimate of drug-likeness (QED) is 0.877. The maximum absolute atomic E-state index is 11.5. The van der Waals surface area contributed by atoms with E-state index in [0.29, 0.717) is 26.3 Å². The molecule has 5 heteroatoms. The van der Waals surface area contributed by atoms with Crippen molar-refractivity contribution in [2.75, 3.05) is 26.3 Å². The minimum atomic E-state index is -0.727. The lowest BCUT2D eigenvalue weighted by Gasteiger charge is -2.21. The van der Waals surface area contributed by atoms with Crippen LogP contribution in [0.4, 0.5) is 0 Å². The van der Waals surface area contributed by atoms with Crippen molar-refractivity contribution in [2.45, 2.75) is 13.5 Å². The first-order valence-electron chi connectivity index (χ1n) is 6.56. The Bertz CT molecular complexity index is 505. The number of likely N-dealkylation sites (tertiary alicyclic amines) is 1. The number of hydrogen-bond acceptors (Lipinski definition) is 4. The van der Waals surface area contributed by atoms with Gasteiger partial charge in [-0.25, -0.2) is 0 Å². The third-order valence-corrected chi connectivity index (χ3v) is 4.20. The summed E-state index contributed by atoms with van der Waals surface area (Å²) in [5.41, 5.74) is 1.29. The summed E-state index contributed by atoms with van der Waals surface area (Å²) >= 11 is 0. The number of aromatic nitrogens is 1. The number of aryl methyl sites for hydroxylation is 1. The molecule has 2 fully saturated rings.